The number of alkyl halides is 3. The van der Waals surface area contributed by atoms with Crippen molar-refractivity contribution in [3.8, 4) is 5.75 Å². The van der Waals surface area contributed by atoms with Gasteiger partial charge in [0.1, 0.15) is 29.2 Å². The van der Waals surface area contributed by atoms with Gasteiger partial charge >= 0.3 is 6.36 Å². The Kier molecular flexibility index (Phi) is 13.0. The Hall–Kier alpha value is -6.14. The third-order valence-corrected chi connectivity index (χ3v) is 10.6. The van der Waals surface area contributed by atoms with Gasteiger partial charge in [-0.15, -0.1) is 13.2 Å². The summed E-state index contributed by atoms with van der Waals surface area (Å²) in [5.41, 5.74) is 8.60. The van der Waals surface area contributed by atoms with Crippen LogP contribution < -0.4 is 20.3 Å². The molecule has 0 spiro atoms. The number of ether oxygens (including phenoxy) is 1. The van der Waals surface area contributed by atoms with Crippen LogP contribution in [0, 0.1) is 6.92 Å². The highest BCUT2D eigenvalue weighted by Gasteiger charge is 2.31. The Morgan fingerprint density at radius 3 is 2.31 bits per heavy atom. The second-order valence-corrected chi connectivity index (χ2v) is 14.9. The van der Waals surface area contributed by atoms with Crippen molar-refractivity contribution >= 4 is 45.6 Å². The van der Waals surface area contributed by atoms with Crippen LogP contribution in [0.4, 0.5) is 24.7 Å². The average molecular weight is 820 g/mol. The van der Waals surface area contributed by atoms with E-state index < -0.39 is 6.36 Å². The summed E-state index contributed by atoms with van der Waals surface area (Å²) in [5.74, 6) is 0.792. The van der Waals surface area contributed by atoms with Crippen LogP contribution in [-0.4, -0.2) is 51.3 Å². The number of fused-ring (bicyclic) bond motifs is 2. The van der Waals surface area contributed by atoms with Crippen molar-refractivity contribution in [1.82, 2.24) is 24.7 Å². The minimum absolute atomic E-state index is 0.200. The van der Waals surface area contributed by atoms with Gasteiger partial charge in [-0.2, -0.15) is 0 Å². The fourth-order valence-corrected chi connectivity index (χ4v) is 7.44. The summed E-state index contributed by atoms with van der Waals surface area (Å²) < 4.78 is 42.9. The van der Waals surface area contributed by atoms with Crippen LogP contribution in [0.2, 0.25) is 5.02 Å². The number of hydrogen-bond acceptors (Lipinski definition) is 7. The lowest BCUT2D eigenvalue weighted by atomic mass is 9.89. The number of imidazole rings is 1. The second kappa shape index (κ2) is 18.6. The smallest absolute Gasteiger partial charge is 0.406 e. The van der Waals surface area contributed by atoms with E-state index in [1.807, 2.05) is 43.3 Å². The molecule has 0 unspecified atom stereocenters. The molecular formula is C46H45ClF3N7O2. The molecule has 0 radical (unpaired) electrons. The van der Waals surface area contributed by atoms with Gasteiger partial charge in [-0.25, -0.2) is 15.0 Å². The van der Waals surface area contributed by atoms with E-state index in [1.165, 1.54) is 23.3 Å². The SMILES string of the molecule is CCc1nc2ccc(Cl)cn2c1C(=O)NCc1ccc(N2CCC(c3ccc(OC(F)(F)F)cc3)CC2)cc1.Cc1ccc(CCNc2ncnc3ccccc23)cc1. The van der Waals surface area contributed by atoms with Crippen LogP contribution in [0.3, 0.4) is 0 Å². The molecule has 4 aromatic carbocycles. The lowest BCUT2D eigenvalue weighted by Gasteiger charge is -2.34. The zero-order valence-corrected chi connectivity index (χ0v) is 33.6. The van der Waals surface area contributed by atoms with Gasteiger partial charge in [-0.1, -0.05) is 84.8 Å². The minimum Gasteiger partial charge on any atom is -0.406 e. The summed E-state index contributed by atoms with van der Waals surface area (Å²) in [6.45, 7) is 7.01. The Morgan fingerprint density at radius 2 is 1.59 bits per heavy atom. The number of anilines is 2. The van der Waals surface area contributed by atoms with Gasteiger partial charge in [-0.3, -0.25) is 9.20 Å². The summed E-state index contributed by atoms with van der Waals surface area (Å²) in [6, 6.07) is 34.5. The van der Waals surface area contributed by atoms with Crippen LogP contribution in [0.25, 0.3) is 16.6 Å². The monoisotopic (exact) mass is 819 g/mol. The summed E-state index contributed by atoms with van der Waals surface area (Å²) in [5, 5.41) is 8.00. The van der Waals surface area contributed by atoms with E-state index in [4.69, 9.17) is 11.6 Å². The van der Waals surface area contributed by atoms with Crippen LogP contribution in [0.15, 0.2) is 122 Å². The maximum atomic E-state index is 13.0. The molecule has 1 aliphatic heterocycles. The first kappa shape index (κ1) is 41.0. The molecule has 4 heterocycles. The highest BCUT2D eigenvalue weighted by molar-refractivity contribution is 6.30. The van der Waals surface area contributed by atoms with Gasteiger partial charge in [0.15, 0.2) is 0 Å². The van der Waals surface area contributed by atoms with Crippen molar-refractivity contribution in [2.45, 2.75) is 58.4 Å². The molecule has 1 aliphatic rings. The fraction of sp³-hybridized carbons (Fsp3) is 0.261. The molecule has 59 heavy (non-hydrogen) atoms. The molecule has 0 saturated carbocycles. The molecule has 1 saturated heterocycles. The van der Waals surface area contributed by atoms with E-state index in [2.05, 4.69) is 78.5 Å². The molecule has 1 fully saturated rings. The van der Waals surface area contributed by atoms with E-state index >= 15 is 0 Å². The van der Waals surface area contributed by atoms with Crippen molar-refractivity contribution in [1.29, 1.82) is 0 Å². The Bertz CT molecular complexity index is 2480. The van der Waals surface area contributed by atoms with Crippen molar-refractivity contribution in [2.75, 3.05) is 29.9 Å². The second-order valence-electron chi connectivity index (χ2n) is 14.5. The lowest BCUT2D eigenvalue weighted by molar-refractivity contribution is -0.274. The van der Waals surface area contributed by atoms with Crippen LogP contribution in [0.1, 0.15) is 64.1 Å². The van der Waals surface area contributed by atoms with Gasteiger partial charge in [0.05, 0.1) is 16.2 Å². The molecule has 2 N–H and O–H groups in total. The number of para-hydroxylation sites is 1. The number of rotatable bonds is 11. The molecule has 8 rings (SSSR count). The van der Waals surface area contributed by atoms with Crippen LogP contribution in [-0.2, 0) is 19.4 Å². The van der Waals surface area contributed by atoms with E-state index in [-0.39, 0.29) is 17.6 Å². The van der Waals surface area contributed by atoms with Crippen molar-refractivity contribution < 1.29 is 22.7 Å². The zero-order chi connectivity index (χ0) is 41.4. The van der Waals surface area contributed by atoms with E-state index in [0.29, 0.717) is 29.3 Å². The zero-order valence-electron chi connectivity index (χ0n) is 32.8. The first-order valence-corrected chi connectivity index (χ1v) is 20.0. The molecule has 7 aromatic rings. The number of halogens is 4. The Morgan fingerprint density at radius 1 is 0.881 bits per heavy atom. The highest BCUT2D eigenvalue weighted by atomic mass is 35.5. The molecule has 13 heteroatoms. The van der Waals surface area contributed by atoms with E-state index in [9.17, 15) is 18.0 Å². The molecule has 1 amide bonds. The van der Waals surface area contributed by atoms with Gasteiger partial charge in [0, 0.05) is 43.4 Å². The molecule has 304 valence electrons. The molecule has 0 aliphatic carbocycles. The lowest BCUT2D eigenvalue weighted by Crippen LogP contribution is -2.32. The maximum absolute atomic E-state index is 13.0. The van der Waals surface area contributed by atoms with Crippen molar-refractivity contribution in [2.24, 2.45) is 0 Å². The van der Waals surface area contributed by atoms with Gasteiger partial charge in [0.2, 0.25) is 0 Å². The number of amides is 1. The topological polar surface area (TPSA) is 96.7 Å². The largest absolute Gasteiger partial charge is 0.573 e. The molecular weight excluding hydrogens is 775 g/mol. The van der Waals surface area contributed by atoms with Crippen molar-refractivity contribution in [3.63, 3.8) is 0 Å². The molecule has 0 bridgehead atoms. The standard InChI is InChI=1S/C29H28ClF3N4O2.C17H17N3/c1-2-25-27(37-18-22(30)7-12-26(37)35-25)28(38)34-17-19-3-8-23(9-4-19)36-15-13-21(14-16-36)20-5-10-24(11-6-20)39-29(31,32)33;1-13-6-8-14(9-7-13)10-11-18-17-15-4-2-3-5-16(15)19-12-20-17/h3-12,18,21H,2,13-17H2,1H3,(H,34,38);2-9,12H,10-11H2,1H3,(H,18,19,20). The normalized spacial score (nSPS) is 13.2. The number of hydrogen-bond donors (Lipinski definition) is 2. The fourth-order valence-electron chi connectivity index (χ4n) is 7.28. The Balaban J connectivity index is 0.000000221. The number of piperidine rings is 1. The third kappa shape index (κ3) is 10.7. The van der Waals surface area contributed by atoms with E-state index in [0.717, 1.165) is 78.1 Å². The molecule has 3 aromatic heterocycles. The number of nitrogens with one attached hydrogen (secondary N) is 2. The summed E-state index contributed by atoms with van der Waals surface area (Å²) in [4.78, 5) is 28.5. The minimum atomic E-state index is -4.68. The van der Waals surface area contributed by atoms with Gasteiger partial charge in [-0.05, 0) is 104 Å². The number of benzene rings is 4. The third-order valence-electron chi connectivity index (χ3n) is 10.4. The molecule has 9 nitrogen and oxygen atoms in total. The van der Waals surface area contributed by atoms with Gasteiger partial charge < -0.3 is 20.3 Å². The summed E-state index contributed by atoms with van der Waals surface area (Å²) in [6.07, 6.45) is 2.05. The number of carbonyl (C=O) groups is 1. The number of aromatic nitrogens is 4. The first-order chi connectivity index (χ1) is 28.5. The van der Waals surface area contributed by atoms with Gasteiger partial charge in [0.25, 0.3) is 5.91 Å². The number of aryl methyl sites for hydroxylation is 2. The van der Waals surface area contributed by atoms with Crippen molar-refractivity contribution in [3.05, 3.63) is 160 Å². The number of pyridine rings is 1. The number of carbonyl (C=O) groups excluding carboxylic acids is 1. The maximum Gasteiger partial charge on any atom is 0.573 e. The van der Waals surface area contributed by atoms with Crippen LogP contribution >= 0.6 is 11.6 Å². The predicted molar refractivity (Wildman–Crippen MR) is 227 cm³/mol. The number of nitrogens with zero attached hydrogens (tertiary/aromatic N) is 5. The van der Waals surface area contributed by atoms with Crippen LogP contribution in [0.5, 0.6) is 5.75 Å². The molecule has 0 atom stereocenters. The average Bonchev–Trinajstić information content (AvgIpc) is 3.62. The highest BCUT2D eigenvalue weighted by Crippen LogP contribution is 2.32. The summed E-state index contributed by atoms with van der Waals surface area (Å²) >= 11 is 6.14. The predicted octanol–water partition coefficient (Wildman–Crippen LogP) is 10.4. The van der Waals surface area contributed by atoms with E-state index in [1.54, 1.807) is 41.2 Å². The Labute approximate surface area is 346 Å². The first-order valence-electron chi connectivity index (χ1n) is 19.7. The summed E-state index contributed by atoms with van der Waals surface area (Å²) in [7, 11) is 0. The quantitative estimate of drug-likeness (QED) is 0.134.